The highest BCUT2D eigenvalue weighted by Gasteiger charge is 2.33. The van der Waals surface area contributed by atoms with E-state index in [1.54, 1.807) is 7.05 Å². The number of carbonyl (C=O) groups excluding carboxylic acids is 1. The molecule has 2 heterocycles. The lowest BCUT2D eigenvalue weighted by atomic mass is 10.2. The van der Waals surface area contributed by atoms with E-state index in [1.165, 1.54) is 22.5 Å². The topological polar surface area (TPSA) is 116 Å². The predicted octanol–water partition coefficient (Wildman–Crippen LogP) is 0.247. The molecule has 28 heavy (non-hydrogen) atoms. The van der Waals surface area contributed by atoms with Gasteiger partial charge in [-0.3, -0.25) is 19.8 Å². The largest absolute Gasteiger partial charge is 0.368 e. The Morgan fingerprint density at radius 1 is 1.14 bits per heavy atom. The van der Waals surface area contributed by atoms with Crippen molar-refractivity contribution >= 4 is 27.3 Å². The number of hydrogen-bond donors (Lipinski definition) is 1. The van der Waals surface area contributed by atoms with Gasteiger partial charge in [0.05, 0.1) is 17.2 Å². The first kappa shape index (κ1) is 20.5. The van der Waals surface area contributed by atoms with Crippen LogP contribution in [0.1, 0.15) is 12.8 Å². The molecular formula is C17H25N5O5S. The molecule has 0 bridgehead atoms. The Balaban J connectivity index is 1.87. The molecule has 154 valence electrons. The molecule has 0 spiro atoms. The lowest BCUT2D eigenvalue weighted by Gasteiger charge is -2.36. The zero-order valence-electron chi connectivity index (χ0n) is 15.8. The molecule has 0 atom stereocenters. The van der Waals surface area contributed by atoms with E-state index in [0.717, 1.165) is 12.8 Å². The van der Waals surface area contributed by atoms with Crippen LogP contribution in [0.4, 0.5) is 11.4 Å². The predicted molar refractivity (Wildman–Crippen MR) is 104 cm³/mol. The quantitative estimate of drug-likeness (QED) is 0.527. The molecule has 2 aliphatic rings. The molecule has 0 radical (unpaired) electrons. The van der Waals surface area contributed by atoms with Crippen molar-refractivity contribution in [1.29, 1.82) is 0 Å². The number of rotatable bonds is 6. The molecule has 1 aromatic rings. The van der Waals surface area contributed by atoms with Crippen molar-refractivity contribution in [2.75, 3.05) is 57.8 Å². The van der Waals surface area contributed by atoms with Crippen molar-refractivity contribution in [3.05, 3.63) is 28.3 Å². The van der Waals surface area contributed by atoms with Gasteiger partial charge in [0, 0.05) is 58.4 Å². The number of piperazine rings is 1. The number of benzene rings is 1. The highest BCUT2D eigenvalue weighted by atomic mass is 32.2. The summed E-state index contributed by atoms with van der Waals surface area (Å²) >= 11 is 0. The van der Waals surface area contributed by atoms with E-state index in [2.05, 4.69) is 5.32 Å². The number of amides is 1. The molecular weight excluding hydrogens is 386 g/mol. The molecule has 0 unspecified atom stereocenters. The summed E-state index contributed by atoms with van der Waals surface area (Å²) in [4.78, 5) is 26.1. The summed E-state index contributed by atoms with van der Waals surface area (Å²) in [6, 6.07) is 4.03. The average Bonchev–Trinajstić information content (AvgIpc) is 3.23. The van der Waals surface area contributed by atoms with Crippen molar-refractivity contribution in [2.24, 2.45) is 0 Å². The Hall–Kier alpha value is -2.24. The van der Waals surface area contributed by atoms with Gasteiger partial charge in [-0.05, 0) is 18.9 Å². The van der Waals surface area contributed by atoms with Crippen molar-refractivity contribution in [1.82, 2.24) is 14.5 Å². The van der Waals surface area contributed by atoms with E-state index in [1.807, 2.05) is 9.80 Å². The van der Waals surface area contributed by atoms with Crippen LogP contribution in [-0.2, 0) is 14.8 Å². The Labute approximate surface area is 164 Å². The summed E-state index contributed by atoms with van der Waals surface area (Å²) in [7, 11) is -2.21. The third-order valence-corrected chi connectivity index (χ3v) is 7.12. The van der Waals surface area contributed by atoms with Gasteiger partial charge in [-0.1, -0.05) is 0 Å². The van der Waals surface area contributed by atoms with Gasteiger partial charge in [0.2, 0.25) is 15.9 Å². The first-order valence-corrected chi connectivity index (χ1v) is 10.7. The smallest absolute Gasteiger partial charge is 0.270 e. The lowest BCUT2D eigenvalue weighted by molar-refractivity contribution is -0.385. The van der Waals surface area contributed by atoms with Crippen LogP contribution in [0.2, 0.25) is 0 Å². The number of nitrogens with one attached hydrogen (secondary N) is 1. The first-order chi connectivity index (χ1) is 13.3. The number of nitro groups is 1. The number of carbonyl (C=O) groups is 1. The van der Waals surface area contributed by atoms with E-state index >= 15 is 0 Å². The van der Waals surface area contributed by atoms with Gasteiger partial charge in [0.25, 0.3) is 5.69 Å². The Kier molecular flexibility index (Phi) is 6.16. The second kappa shape index (κ2) is 8.41. The number of anilines is 1. The minimum absolute atomic E-state index is 0.0108. The maximum absolute atomic E-state index is 13.1. The van der Waals surface area contributed by atoms with Crippen molar-refractivity contribution in [3.8, 4) is 0 Å². The number of nitrogens with zero attached hydrogens (tertiary/aromatic N) is 4. The SMILES string of the molecule is CNC(=O)CN1CCN(c2ccc([N+](=O)[O-])cc2S(=O)(=O)N2CCCC2)CC1. The Bertz CT molecular complexity index is 845. The van der Waals surface area contributed by atoms with Crippen molar-refractivity contribution < 1.29 is 18.1 Å². The van der Waals surface area contributed by atoms with Gasteiger partial charge in [-0.2, -0.15) is 4.31 Å². The fraction of sp³-hybridized carbons (Fsp3) is 0.588. The summed E-state index contributed by atoms with van der Waals surface area (Å²) in [5.74, 6) is -0.0684. The standard InChI is InChI=1S/C17H25N5O5S/c1-18-17(23)13-19-8-10-20(11-9-19)15-5-4-14(22(24)25)12-16(15)28(26,27)21-6-2-3-7-21/h4-5,12H,2-3,6-11,13H2,1H3,(H,18,23). The second-order valence-electron chi connectivity index (χ2n) is 6.96. The van der Waals surface area contributed by atoms with E-state index in [-0.39, 0.29) is 16.5 Å². The molecule has 3 rings (SSSR count). The molecule has 0 aromatic heterocycles. The normalized spacial score (nSPS) is 19.0. The van der Waals surface area contributed by atoms with Crippen LogP contribution < -0.4 is 10.2 Å². The number of nitro benzene ring substituents is 1. The van der Waals surface area contributed by atoms with Gasteiger partial charge < -0.3 is 10.2 Å². The fourth-order valence-electron chi connectivity index (χ4n) is 3.58. The first-order valence-electron chi connectivity index (χ1n) is 9.29. The zero-order chi connectivity index (χ0) is 20.3. The minimum atomic E-state index is -3.80. The van der Waals surface area contributed by atoms with E-state index in [9.17, 15) is 23.3 Å². The summed E-state index contributed by atoms with van der Waals surface area (Å²) in [5.41, 5.74) is 0.247. The van der Waals surface area contributed by atoms with Gasteiger partial charge in [0.1, 0.15) is 4.90 Å². The molecule has 0 aliphatic carbocycles. The van der Waals surface area contributed by atoms with Crippen LogP contribution in [0.25, 0.3) is 0 Å². The van der Waals surface area contributed by atoms with Gasteiger partial charge in [0.15, 0.2) is 0 Å². The Morgan fingerprint density at radius 2 is 1.79 bits per heavy atom. The maximum atomic E-state index is 13.1. The molecule has 1 amide bonds. The highest BCUT2D eigenvalue weighted by molar-refractivity contribution is 7.89. The van der Waals surface area contributed by atoms with Gasteiger partial charge in [-0.25, -0.2) is 8.42 Å². The van der Waals surface area contributed by atoms with Crippen LogP contribution in [0.5, 0.6) is 0 Å². The van der Waals surface area contributed by atoms with Crippen LogP contribution in [0.3, 0.4) is 0 Å². The molecule has 10 nitrogen and oxygen atoms in total. The van der Waals surface area contributed by atoms with E-state index in [0.29, 0.717) is 51.5 Å². The molecule has 2 fully saturated rings. The third kappa shape index (κ3) is 4.26. The summed E-state index contributed by atoms with van der Waals surface area (Å²) in [6.07, 6.45) is 1.59. The number of likely N-dealkylation sites (N-methyl/N-ethyl adjacent to an activating group) is 1. The lowest BCUT2D eigenvalue weighted by Crippen LogP contribution is -2.49. The maximum Gasteiger partial charge on any atom is 0.270 e. The Morgan fingerprint density at radius 3 is 2.36 bits per heavy atom. The van der Waals surface area contributed by atoms with Crippen LogP contribution in [-0.4, -0.2) is 81.3 Å². The molecule has 2 aliphatic heterocycles. The number of hydrogen-bond acceptors (Lipinski definition) is 7. The fourth-order valence-corrected chi connectivity index (χ4v) is 5.33. The van der Waals surface area contributed by atoms with Crippen LogP contribution in [0, 0.1) is 10.1 Å². The van der Waals surface area contributed by atoms with E-state index < -0.39 is 14.9 Å². The van der Waals surface area contributed by atoms with Crippen LogP contribution in [0.15, 0.2) is 23.1 Å². The van der Waals surface area contributed by atoms with Gasteiger partial charge in [-0.15, -0.1) is 0 Å². The molecule has 1 aromatic carbocycles. The summed E-state index contributed by atoms with van der Waals surface area (Å²) in [5, 5.41) is 13.8. The monoisotopic (exact) mass is 411 g/mol. The van der Waals surface area contributed by atoms with E-state index in [4.69, 9.17) is 0 Å². The number of non-ortho nitro benzene ring substituents is 1. The third-order valence-electron chi connectivity index (χ3n) is 5.20. The van der Waals surface area contributed by atoms with Crippen molar-refractivity contribution in [3.63, 3.8) is 0 Å². The zero-order valence-corrected chi connectivity index (χ0v) is 16.7. The minimum Gasteiger partial charge on any atom is -0.368 e. The average molecular weight is 411 g/mol. The van der Waals surface area contributed by atoms with Gasteiger partial charge >= 0.3 is 0 Å². The highest BCUT2D eigenvalue weighted by Crippen LogP contribution is 2.33. The van der Waals surface area contributed by atoms with Crippen molar-refractivity contribution in [2.45, 2.75) is 17.7 Å². The summed E-state index contributed by atoms with van der Waals surface area (Å²) in [6.45, 7) is 3.45. The molecule has 1 N–H and O–H groups in total. The number of sulfonamides is 1. The summed E-state index contributed by atoms with van der Waals surface area (Å²) < 4.78 is 27.7. The molecule has 0 saturated carbocycles. The second-order valence-corrected chi connectivity index (χ2v) is 8.86. The molecule has 2 saturated heterocycles. The van der Waals surface area contributed by atoms with Crippen LogP contribution >= 0.6 is 0 Å². The molecule has 11 heteroatoms.